The van der Waals surface area contributed by atoms with Gasteiger partial charge >= 0.3 is 0 Å². The molecular formula is C15H19NO3. The van der Waals surface area contributed by atoms with Crippen LogP contribution in [-0.2, 0) is 11.2 Å². The summed E-state index contributed by atoms with van der Waals surface area (Å²) in [6, 6.07) is 7.67. The molecule has 1 aromatic carbocycles. The SMILES string of the molecule is OC(CCC1CCCO1)Cc1nc2ccccc2o1. The Kier molecular flexibility index (Phi) is 3.80. The van der Waals surface area contributed by atoms with E-state index in [-0.39, 0.29) is 0 Å². The van der Waals surface area contributed by atoms with Crippen LogP contribution in [0.4, 0.5) is 0 Å². The Labute approximate surface area is 112 Å². The van der Waals surface area contributed by atoms with Crippen molar-refractivity contribution in [3.8, 4) is 0 Å². The summed E-state index contributed by atoms with van der Waals surface area (Å²) in [6.07, 6.45) is 4.32. The number of hydrogen-bond donors (Lipinski definition) is 1. The van der Waals surface area contributed by atoms with E-state index in [0.29, 0.717) is 18.4 Å². The van der Waals surface area contributed by atoms with Crippen LogP contribution in [0.25, 0.3) is 11.1 Å². The molecule has 2 aromatic rings. The summed E-state index contributed by atoms with van der Waals surface area (Å²) in [5, 5.41) is 10.0. The zero-order valence-electron chi connectivity index (χ0n) is 10.9. The van der Waals surface area contributed by atoms with Gasteiger partial charge in [0.05, 0.1) is 18.6 Å². The van der Waals surface area contributed by atoms with E-state index < -0.39 is 6.10 Å². The van der Waals surface area contributed by atoms with Gasteiger partial charge in [0.1, 0.15) is 5.52 Å². The first-order valence-corrected chi connectivity index (χ1v) is 6.95. The van der Waals surface area contributed by atoms with Gasteiger partial charge in [-0.1, -0.05) is 12.1 Å². The fraction of sp³-hybridized carbons (Fsp3) is 0.533. The summed E-state index contributed by atoms with van der Waals surface area (Å²) in [4.78, 5) is 4.37. The third-order valence-electron chi connectivity index (χ3n) is 3.59. The Morgan fingerprint density at radius 3 is 3.05 bits per heavy atom. The number of aliphatic hydroxyl groups excluding tert-OH is 1. The molecule has 1 aliphatic heterocycles. The Morgan fingerprint density at radius 1 is 1.37 bits per heavy atom. The van der Waals surface area contributed by atoms with Gasteiger partial charge in [0.25, 0.3) is 0 Å². The average molecular weight is 261 g/mol. The van der Waals surface area contributed by atoms with Crippen LogP contribution in [0, 0.1) is 0 Å². The number of oxazole rings is 1. The van der Waals surface area contributed by atoms with Crippen LogP contribution in [0.15, 0.2) is 28.7 Å². The summed E-state index contributed by atoms with van der Waals surface area (Å²) < 4.78 is 11.2. The van der Waals surface area contributed by atoms with Gasteiger partial charge in [-0.3, -0.25) is 0 Å². The zero-order valence-corrected chi connectivity index (χ0v) is 10.9. The zero-order chi connectivity index (χ0) is 13.1. The van der Waals surface area contributed by atoms with Crippen molar-refractivity contribution in [1.82, 2.24) is 4.98 Å². The molecule has 1 saturated heterocycles. The maximum Gasteiger partial charge on any atom is 0.198 e. The molecule has 1 aliphatic rings. The summed E-state index contributed by atoms with van der Waals surface area (Å²) in [5.41, 5.74) is 1.63. The van der Waals surface area contributed by atoms with Crippen molar-refractivity contribution in [3.63, 3.8) is 0 Å². The lowest BCUT2D eigenvalue weighted by atomic mass is 10.1. The normalized spacial score (nSPS) is 21.0. The molecule has 0 spiro atoms. The largest absolute Gasteiger partial charge is 0.441 e. The summed E-state index contributed by atoms with van der Waals surface area (Å²) >= 11 is 0. The standard InChI is InChI=1S/C15H19NO3/c17-11(7-8-12-4-3-9-18-12)10-15-16-13-5-1-2-6-14(13)19-15/h1-2,5-6,11-12,17H,3-4,7-10H2. The van der Waals surface area contributed by atoms with Crippen LogP contribution in [0.2, 0.25) is 0 Å². The quantitative estimate of drug-likeness (QED) is 0.899. The Bertz CT molecular complexity index is 498. The van der Waals surface area contributed by atoms with Crippen molar-refractivity contribution >= 4 is 11.1 Å². The van der Waals surface area contributed by atoms with E-state index in [1.807, 2.05) is 24.3 Å². The number of aromatic nitrogens is 1. The van der Waals surface area contributed by atoms with E-state index in [2.05, 4.69) is 4.98 Å². The van der Waals surface area contributed by atoms with E-state index >= 15 is 0 Å². The van der Waals surface area contributed by atoms with Crippen LogP contribution in [0.1, 0.15) is 31.6 Å². The summed E-state index contributed by atoms with van der Waals surface area (Å²) in [5.74, 6) is 0.612. The number of nitrogens with zero attached hydrogens (tertiary/aromatic N) is 1. The third-order valence-corrected chi connectivity index (χ3v) is 3.59. The second kappa shape index (κ2) is 5.72. The lowest BCUT2D eigenvalue weighted by Gasteiger charge is -2.12. The van der Waals surface area contributed by atoms with Gasteiger partial charge in [-0.05, 0) is 37.8 Å². The number of hydrogen-bond acceptors (Lipinski definition) is 4. The third kappa shape index (κ3) is 3.14. The summed E-state index contributed by atoms with van der Waals surface area (Å²) in [7, 11) is 0. The highest BCUT2D eigenvalue weighted by Crippen LogP contribution is 2.20. The average Bonchev–Trinajstić information content (AvgIpc) is 3.04. The molecule has 0 bridgehead atoms. The van der Waals surface area contributed by atoms with E-state index in [1.54, 1.807) is 0 Å². The van der Waals surface area contributed by atoms with Crippen molar-refractivity contribution in [2.24, 2.45) is 0 Å². The van der Waals surface area contributed by atoms with Crippen LogP contribution in [0.5, 0.6) is 0 Å². The van der Waals surface area contributed by atoms with Crippen molar-refractivity contribution in [2.45, 2.75) is 44.3 Å². The molecule has 1 aromatic heterocycles. The Morgan fingerprint density at radius 2 is 2.26 bits per heavy atom. The van der Waals surface area contributed by atoms with Gasteiger partial charge in [0.15, 0.2) is 11.5 Å². The molecule has 102 valence electrons. The Hall–Kier alpha value is -1.39. The molecule has 2 heterocycles. The molecule has 0 aliphatic carbocycles. The highest BCUT2D eigenvalue weighted by molar-refractivity contribution is 5.72. The monoisotopic (exact) mass is 261 g/mol. The lowest BCUT2D eigenvalue weighted by Crippen LogP contribution is -2.15. The number of para-hydroxylation sites is 2. The number of ether oxygens (including phenoxy) is 1. The highest BCUT2D eigenvalue weighted by atomic mass is 16.5. The molecule has 19 heavy (non-hydrogen) atoms. The molecule has 0 radical (unpaired) electrons. The first kappa shape index (κ1) is 12.6. The number of fused-ring (bicyclic) bond motifs is 1. The van der Waals surface area contributed by atoms with E-state index in [0.717, 1.165) is 43.4 Å². The number of benzene rings is 1. The molecule has 3 rings (SSSR count). The van der Waals surface area contributed by atoms with Gasteiger partial charge in [0.2, 0.25) is 0 Å². The van der Waals surface area contributed by atoms with Gasteiger partial charge in [-0.15, -0.1) is 0 Å². The van der Waals surface area contributed by atoms with Gasteiger partial charge in [-0.2, -0.15) is 0 Å². The van der Waals surface area contributed by atoms with Gasteiger partial charge in [-0.25, -0.2) is 4.98 Å². The van der Waals surface area contributed by atoms with Gasteiger partial charge in [0, 0.05) is 6.61 Å². The predicted octanol–water partition coefficient (Wildman–Crippen LogP) is 2.69. The van der Waals surface area contributed by atoms with Crippen LogP contribution < -0.4 is 0 Å². The molecular weight excluding hydrogens is 242 g/mol. The molecule has 1 fully saturated rings. The fourth-order valence-electron chi connectivity index (χ4n) is 2.56. The second-order valence-electron chi connectivity index (χ2n) is 5.15. The molecule has 4 heteroatoms. The van der Waals surface area contributed by atoms with E-state index in [4.69, 9.17) is 9.15 Å². The van der Waals surface area contributed by atoms with Gasteiger partial charge < -0.3 is 14.3 Å². The van der Waals surface area contributed by atoms with E-state index in [9.17, 15) is 5.11 Å². The predicted molar refractivity (Wildman–Crippen MR) is 71.9 cm³/mol. The first-order chi connectivity index (χ1) is 9.31. The van der Waals surface area contributed by atoms with E-state index in [1.165, 1.54) is 0 Å². The summed E-state index contributed by atoms with van der Waals surface area (Å²) in [6.45, 7) is 0.867. The van der Waals surface area contributed by atoms with Crippen LogP contribution in [-0.4, -0.2) is 28.9 Å². The molecule has 0 amide bonds. The second-order valence-corrected chi connectivity index (χ2v) is 5.15. The van der Waals surface area contributed by atoms with Crippen molar-refractivity contribution in [3.05, 3.63) is 30.2 Å². The van der Waals surface area contributed by atoms with Crippen LogP contribution >= 0.6 is 0 Å². The lowest BCUT2D eigenvalue weighted by molar-refractivity contribution is 0.0797. The molecule has 2 unspecified atom stereocenters. The van der Waals surface area contributed by atoms with Crippen LogP contribution in [0.3, 0.4) is 0 Å². The highest BCUT2D eigenvalue weighted by Gasteiger charge is 2.18. The number of aliphatic hydroxyl groups is 1. The Balaban J connectivity index is 1.54. The number of rotatable bonds is 5. The minimum absolute atomic E-state index is 0.332. The fourth-order valence-corrected chi connectivity index (χ4v) is 2.56. The maximum absolute atomic E-state index is 10.0. The first-order valence-electron chi connectivity index (χ1n) is 6.95. The topological polar surface area (TPSA) is 55.5 Å². The molecule has 1 N–H and O–H groups in total. The molecule has 2 atom stereocenters. The van der Waals surface area contributed by atoms with Crippen molar-refractivity contribution in [2.75, 3.05) is 6.61 Å². The smallest absolute Gasteiger partial charge is 0.198 e. The molecule has 4 nitrogen and oxygen atoms in total. The van der Waals surface area contributed by atoms with Crippen molar-refractivity contribution in [1.29, 1.82) is 0 Å². The maximum atomic E-state index is 10.0. The van der Waals surface area contributed by atoms with Crippen molar-refractivity contribution < 1.29 is 14.3 Å². The molecule has 0 saturated carbocycles. The minimum atomic E-state index is -0.405. The minimum Gasteiger partial charge on any atom is -0.441 e.